The van der Waals surface area contributed by atoms with Gasteiger partial charge in [0.1, 0.15) is 5.58 Å². The fourth-order valence-electron chi connectivity index (χ4n) is 2.09. The molecule has 2 aromatic rings. The van der Waals surface area contributed by atoms with Gasteiger partial charge in [0.15, 0.2) is 0 Å². The number of ether oxygens (including phenoxy) is 1. The van der Waals surface area contributed by atoms with E-state index < -0.39 is 0 Å². The second kappa shape index (κ2) is 6.61. The van der Waals surface area contributed by atoms with Gasteiger partial charge in [-0.3, -0.25) is 4.79 Å². The van der Waals surface area contributed by atoms with Gasteiger partial charge in [0.05, 0.1) is 17.1 Å². The standard InChI is InChI=1S/C16H19IO3/c1-4-5-7-11-15(18)14-12(17)8-6-9-13(14)20-16(11)19-10(2)3/h6,8-10H,4-5,7H2,1-3H3. The molecule has 1 aromatic heterocycles. The molecular weight excluding hydrogens is 367 g/mol. The molecule has 3 nitrogen and oxygen atoms in total. The molecule has 0 spiro atoms. The van der Waals surface area contributed by atoms with Gasteiger partial charge in [0, 0.05) is 3.57 Å². The minimum Gasteiger partial charge on any atom is -0.462 e. The molecule has 0 N–H and O–H groups in total. The van der Waals surface area contributed by atoms with Crippen LogP contribution in [0.5, 0.6) is 5.95 Å². The van der Waals surface area contributed by atoms with Crippen molar-refractivity contribution in [2.45, 2.75) is 46.1 Å². The second-order valence-electron chi connectivity index (χ2n) is 5.08. The van der Waals surface area contributed by atoms with E-state index in [0.29, 0.717) is 28.9 Å². The smallest absolute Gasteiger partial charge is 0.292 e. The number of hydrogen-bond donors (Lipinski definition) is 0. The van der Waals surface area contributed by atoms with E-state index in [-0.39, 0.29) is 11.5 Å². The van der Waals surface area contributed by atoms with Gasteiger partial charge in [-0.05, 0) is 61.4 Å². The van der Waals surface area contributed by atoms with Gasteiger partial charge >= 0.3 is 0 Å². The quantitative estimate of drug-likeness (QED) is 0.709. The third-order valence-electron chi connectivity index (χ3n) is 3.05. The van der Waals surface area contributed by atoms with Gasteiger partial charge in [-0.15, -0.1) is 0 Å². The second-order valence-corrected chi connectivity index (χ2v) is 6.24. The SMILES string of the molecule is CCCCc1c(OC(C)C)oc2cccc(I)c2c1=O. The maximum absolute atomic E-state index is 12.7. The van der Waals surface area contributed by atoms with Gasteiger partial charge in [-0.25, -0.2) is 0 Å². The van der Waals surface area contributed by atoms with Gasteiger partial charge in [0.25, 0.3) is 5.95 Å². The lowest BCUT2D eigenvalue weighted by atomic mass is 10.1. The Hall–Kier alpha value is -1.04. The Labute approximate surface area is 132 Å². The molecule has 0 unspecified atom stereocenters. The van der Waals surface area contributed by atoms with Crippen LogP contribution in [0.1, 0.15) is 39.2 Å². The van der Waals surface area contributed by atoms with Crippen LogP contribution in [-0.2, 0) is 6.42 Å². The summed E-state index contributed by atoms with van der Waals surface area (Å²) in [5, 5.41) is 0.662. The van der Waals surface area contributed by atoms with Crippen LogP contribution in [0.3, 0.4) is 0 Å². The van der Waals surface area contributed by atoms with Crippen molar-refractivity contribution >= 4 is 33.6 Å². The highest BCUT2D eigenvalue weighted by Crippen LogP contribution is 2.26. The summed E-state index contributed by atoms with van der Waals surface area (Å²) >= 11 is 2.17. The summed E-state index contributed by atoms with van der Waals surface area (Å²) in [6, 6.07) is 5.62. The van der Waals surface area contributed by atoms with E-state index in [1.165, 1.54) is 0 Å². The summed E-state index contributed by atoms with van der Waals surface area (Å²) in [6.45, 7) is 5.97. The lowest BCUT2D eigenvalue weighted by Gasteiger charge is -2.13. The van der Waals surface area contributed by atoms with Crippen LogP contribution in [0.15, 0.2) is 27.4 Å². The zero-order chi connectivity index (χ0) is 14.7. The van der Waals surface area contributed by atoms with E-state index in [2.05, 4.69) is 29.5 Å². The predicted octanol–water partition coefficient (Wildman–Crippen LogP) is 4.53. The number of rotatable bonds is 5. The van der Waals surface area contributed by atoms with Gasteiger partial charge in [0.2, 0.25) is 5.43 Å². The molecule has 0 aliphatic rings. The summed E-state index contributed by atoms with van der Waals surface area (Å²) in [7, 11) is 0. The summed E-state index contributed by atoms with van der Waals surface area (Å²) in [5.74, 6) is 0.382. The Morgan fingerprint density at radius 3 is 2.75 bits per heavy atom. The topological polar surface area (TPSA) is 39.4 Å². The Kier molecular flexibility index (Phi) is 5.07. The first-order chi connectivity index (χ1) is 9.54. The number of fused-ring (bicyclic) bond motifs is 1. The van der Waals surface area contributed by atoms with Crippen LogP contribution in [0.25, 0.3) is 11.0 Å². The normalized spacial score (nSPS) is 11.2. The summed E-state index contributed by atoms with van der Waals surface area (Å²) in [5.41, 5.74) is 1.30. The maximum Gasteiger partial charge on any atom is 0.292 e. The monoisotopic (exact) mass is 386 g/mol. The zero-order valence-electron chi connectivity index (χ0n) is 12.0. The number of benzene rings is 1. The van der Waals surface area contributed by atoms with Crippen LogP contribution < -0.4 is 10.2 Å². The molecule has 0 radical (unpaired) electrons. The van der Waals surface area contributed by atoms with Gasteiger partial charge in [-0.1, -0.05) is 19.4 Å². The number of halogens is 1. The Balaban J connectivity index is 2.66. The first-order valence-electron chi connectivity index (χ1n) is 6.95. The summed E-state index contributed by atoms with van der Waals surface area (Å²) < 4.78 is 12.5. The third-order valence-corrected chi connectivity index (χ3v) is 3.95. The average molecular weight is 386 g/mol. The molecule has 2 rings (SSSR count). The van der Waals surface area contributed by atoms with E-state index >= 15 is 0 Å². The molecule has 0 atom stereocenters. The maximum atomic E-state index is 12.7. The van der Waals surface area contributed by atoms with Crippen molar-refractivity contribution in [2.24, 2.45) is 0 Å². The number of hydrogen-bond acceptors (Lipinski definition) is 3. The first-order valence-corrected chi connectivity index (χ1v) is 8.03. The summed E-state index contributed by atoms with van der Waals surface area (Å²) in [4.78, 5) is 12.7. The highest BCUT2D eigenvalue weighted by Gasteiger charge is 2.17. The fourth-order valence-corrected chi connectivity index (χ4v) is 2.81. The minimum absolute atomic E-state index is 0.0150. The van der Waals surface area contributed by atoms with Crippen molar-refractivity contribution in [1.29, 1.82) is 0 Å². The Morgan fingerprint density at radius 1 is 1.35 bits per heavy atom. The molecule has 1 aromatic carbocycles. The van der Waals surface area contributed by atoms with Crippen LogP contribution in [-0.4, -0.2) is 6.10 Å². The van der Waals surface area contributed by atoms with E-state index in [1.54, 1.807) is 0 Å². The Bertz CT molecular complexity index is 659. The van der Waals surface area contributed by atoms with Crippen molar-refractivity contribution in [3.8, 4) is 5.95 Å². The van der Waals surface area contributed by atoms with Crippen LogP contribution in [0.4, 0.5) is 0 Å². The zero-order valence-corrected chi connectivity index (χ0v) is 14.2. The molecule has 0 amide bonds. The molecule has 1 heterocycles. The third kappa shape index (κ3) is 3.16. The lowest BCUT2D eigenvalue weighted by molar-refractivity contribution is 0.185. The van der Waals surface area contributed by atoms with Crippen molar-refractivity contribution in [1.82, 2.24) is 0 Å². The van der Waals surface area contributed by atoms with E-state index in [4.69, 9.17) is 9.15 Å². The van der Waals surface area contributed by atoms with Crippen LogP contribution >= 0.6 is 22.6 Å². The predicted molar refractivity (Wildman–Crippen MR) is 89.6 cm³/mol. The molecule has 4 heteroatoms. The lowest BCUT2D eigenvalue weighted by Crippen LogP contribution is -2.16. The summed E-state index contributed by atoms with van der Waals surface area (Å²) in [6.07, 6.45) is 2.67. The van der Waals surface area contributed by atoms with Crippen molar-refractivity contribution < 1.29 is 9.15 Å². The van der Waals surface area contributed by atoms with Crippen LogP contribution in [0.2, 0.25) is 0 Å². The van der Waals surface area contributed by atoms with E-state index in [0.717, 1.165) is 16.4 Å². The molecule has 0 fully saturated rings. The van der Waals surface area contributed by atoms with Crippen LogP contribution in [0, 0.1) is 3.57 Å². The molecule has 0 bridgehead atoms. The molecular formula is C16H19IO3. The number of unbranched alkanes of at least 4 members (excludes halogenated alkanes) is 1. The van der Waals surface area contributed by atoms with Gasteiger partial charge < -0.3 is 9.15 Å². The van der Waals surface area contributed by atoms with E-state index in [9.17, 15) is 4.79 Å². The van der Waals surface area contributed by atoms with Crippen molar-refractivity contribution in [3.63, 3.8) is 0 Å². The average Bonchev–Trinajstić information content (AvgIpc) is 2.37. The molecule has 0 aliphatic heterocycles. The first kappa shape index (κ1) is 15.4. The Morgan fingerprint density at radius 2 is 2.10 bits per heavy atom. The molecule has 108 valence electrons. The fraction of sp³-hybridized carbons (Fsp3) is 0.438. The van der Waals surface area contributed by atoms with Crippen molar-refractivity contribution in [2.75, 3.05) is 0 Å². The highest BCUT2D eigenvalue weighted by atomic mass is 127. The minimum atomic E-state index is -0.0150. The molecule has 0 saturated heterocycles. The largest absolute Gasteiger partial charge is 0.462 e. The van der Waals surface area contributed by atoms with Crippen molar-refractivity contribution in [3.05, 3.63) is 37.6 Å². The van der Waals surface area contributed by atoms with E-state index in [1.807, 2.05) is 32.0 Å². The molecule has 0 saturated carbocycles. The molecule has 0 aliphatic carbocycles. The highest BCUT2D eigenvalue weighted by molar-refractivity contribution is 14.1. The molecule has 20 heavy (non-hydrogen) atoms. The van der Waals surface area contributed by atoms with Gasteiger partial charge in [-0.2, -0.15) is 0 Å².